The average molecular weight is 254 g/mol. The van der Waals surface area contributed by atoms with Gasteiger partial charge in [0.15, 0.2) is 0 Å². The molecule has 3 atom stereocenters. The zero-order valence-corrected chi connectivity index (χ0v) is 12.5. The Morgan fingerprint density at radius 1 is 1.33 bits per heavy atom. The van der Waals surface area contributed by atoms with E-state index in [9.17, 15) is 4.79 Å². The van der Waals surface area contributed by atoms with Gasteiger partial charge in [-0.1, -0.05) is 20.3 Å². The zero-order valence-electron chi connectivity index (χ0n) is 12.5. The lowest BCUT2D eigenvalue weighted by atomic mass is 9.80. The Labute approximate surface area is 112 Å². The Kier molecular flexibility index (Phi) is 6.13. The molecule has 1 rings (SSSR count). The van der Waals surface area contributed by atoms with Crippen molar-refractivity contribution in [2.45, 2.75) is 58.9 Å². The van der Waals surface area contributed by atoms with Gasteiger partial charge in [0.1, 0.15) is 0 Å². The molecule has 0 spiro atoms. The molecular weight excluding hydrogens is 224 g/mol. The summed E-state index contributed by atoms with van der Waals surface area (Å²) in [7, 11) is 1.96. The van der Waals surface area contributed by atoms with Gasteiger partial charge in [-0.3, -0.25) is 4.79 Å². The van der Waals surface area contributed by atoms with E-state index in [4.69, 9.17) is 5.73 Å². The molecule has 1 aliphatic rings. The maximum absolute atomic E-state index is 12.5. The summed E-state index contributed by atoms with van der Waals surface area (Å²) in [5.41, 5.74) is 5.74. The molecule has 1 amide bonds. The molecule has 1 saturated carbocycles. The second-order valence-electron chi connectivity index (χ2n) is 6.39. The number of hydrogen-bond acceptors (Lipinski definition) is 2. The summed E-state index contributed by atoms with van der Waals surface area (Å²) >= 11 is 0. The van der Waals surface area contributed by atoms with Crippen molar-refractivity contribution >= 4 is 5.91 Å². The number of carbonyl (C=O) groups is 1. The Hall–Kier alpha value is -0.570. The Morgan fingerprint density at radius 2 is 2.00 bits per heavy atom. The van der Waals surface area contributed by atoms with Crippen LogP contribution in [0.15, 0.2) is 0 Å². The summed E-state index contributed by atoms with van der Waals surface area (Å²) in [5.74, 6) is 1.74. The van der Waals surface area contributed by atoms with E-state index in [1.54, 1.807) is 0 Å². The van der Waals surface area contributed by atoms with Gasteiger partial charge >= 0.3 is 0 Å². The highest BCUT2D eigenvalue weighted by Crippen LogP contribution is 2.30. The molecule has 1 fully saturated rings. The molecule has 3 heteroatoms. The highest BCUT2D eigenvalue weighted by atomic mass is 16.2. The van der Waals surface area contributed by atoms with E-state index in [0.717, 1.165) is 32.2 Å². The fourth-order valence-corrected chi connectivity index (χ4v) is 3.07. The van der Waals surface area contributed by atoms with Gasteiger partial charge in [-0.25, -0.2) is 0 Å². The minimum absolute atomic E-state index is 0.215. The van der Waals surface area contributed by atoms with E-state index >= 15 is 0 Å². The van der Waals surface area contributed by atoms with Crippen LogP contribution >= 0.6 is 0 Å². The van der Waals surface area contributed by atoms with E-state index in [-0.39, 0.29) is 5.92 Å². The summed E-state index contributed by atoms with van der Waals surface area (Å²) in [5, 5.41) is 0. The molecule has 0 aliphatic heterocycles. The zero-order chi connectivity index (χ0) is 13.7. The smallest absolute Gasteiger partial charge is 0.225 e. The van der Waals surface area contributed by atoms with E-state index in [0.29, 0.717) is 23.8 Å². The molecule has 0 aromatic rings. The molecule has 0 radical (unpaired) electrons. The first-order valence-corrected chi connectivity index (χ1v) is 7.42. The SMILES string of the molecule is CC(C)CC(C)N(C)C(=O)C1CCCC(CN)C1. The van der Waals surface area contributed by atoms with Crippen LogP contribution in [0.4, 0.5) is 0 Å². The minimum Gasteiger partial charge on any atom is -0.343 e. The van der Waals surface area contributed by atoms with Crippen molar-refractivity contribution in [2.24, 2.45) is 23.5 Å². The van der Waals surface area contributed by atoms with Crippen LogP contribution in [0.25, 0.3) is 0 Å². The second-order valence-corrected chi connectivity index (χ2v) is 6.39. The highest BCUT2D eigenvalue weighted by Gasteiger charge is 2.30. The molecule has 106 valence electrons. The molecule has 3 unspecified atom stereocenters. The first-order chi connectivity index (χ1) is 8.45. The molecule has 0 aromatic carbocycles. The standard InChI is InChI=1S/C15H30N2O/c1-11(2)8-12(3)17(4)15(18)14-7-5-6-13(9-14)10-16/h11-14H,5-10,16H2,1-4H3. The van der Waals surface area contributed by atoms with Gasteiger partial charge < -0.3 is 10.6 Å². The predicted octanol–water partition coefficient (Wildman–Crippen LogP) is 2.64. The van der Waals surface area contributed by atoms with Crippen molar-refractivity contribution in [3.05, 3.63) is 0 Å². The van der Waals surface area contributed by atoms with Crippen LogP contribution < -0.4 is 5.73 Å². The fraction of sp³-hybridized carbons (Fsp3) is 0.933. The van der Waals surface area contributed by atoms with Crippen LogP contribution in [0.5, 0.6) is 0 Å². The fourth-order valence-electron chi connectivity index (χ4n) is 3.07. The Morgan fingerprint density at radius 3 is 2.56 bits per heavy atom. The van der Waals surface area contributed by atoms with Gasteiger partial charge in [0.05, 0.1) is 0 Å². The Bertz CT molecular complexity index is 265. The summed E-state index contributed by atoms with van der Waals surface area (Å²) < 4.78 is 0. The molecule has 2 N–H and O–H groups in total. The third-order valence-electron chi connectivity index (χ3n) is 4.29. The van der Waals surface area contributed by atoms with Crippen LogP contribution in [-0.2, 0) is 4.79 Å². The van der Waals surface area contributed by atoms with Crippen molar-refractivity contribution in [3.8, 4) is 0 Å². The molecule has 0 aromatic heterocycles. The number of nitrogens with zero attached hydrogens (tertiary/aromatic N) is 1. The second kappa shape index (κ2) is 7.13. The van der Waals surface area contributed by atoms with Crippen molar-refractivity contribution in [1.82, 2.24) is 4.90 Å². The van der Waals surface area contributed by atoms with Crippen LogP contribution in [0.2, 0.25) is 0 Å². The van der Waals surface area contributed by atoms with E-state index < -0.39 is 0 Å². The first kappa shape index (κ1) is 15.5. The number of rotatable bonds is 5. The highest BCUT2D eigenvalue weighted by molar-refractivity contribution is 5.79. The van der Waals surface area contributed by atoms with Crippen LogP contribution in [0, 0.1) is 17.8 Å². The lowest BCUT2D eigenvalue weighted by Gasteiger charge is -2.33. The van der Waals surface area contributed by atoms with Crippen molar-refractivity contribution in [3.63, 3.8) is 0 Å². The van der Waals surface area contributed by atoms with E-state index in [1.807, 2.05) is 11.9 Å². The first-order valence-electron chi connectivity index (χ1n) is 7.42. The Balaban J connectivity index is 2.52. The summed E-state index contributed by atoms with van der Waals surface area (Å²) in [6.07, 6.45) is 5.48. The molecule has 0 saturated heterocycles. The molecule has 0 heterocycles. The van der Waals surface area contributed by atoms with Gasteiger partial charge in [0.25, 0.3) is 0 Å². The van der Waals surface area contributed by atoms with Gasteiger partial charge in [-0.15, -0.1) is 0 Å². The topological polar surface area (TPSA) is 46.3 Å². The number of nitrogens with two attached hydrogens (primary N) is 1. The number of amides is 1. The summed E-state index contributed by atoms with van der Waals surface area (Å²) in [6, 6.07) is 0.343. The van der Waals surface area contributed by atoms with Crippen molar-refractivity contribution in [2.75, 3.05) is 13.6 Å². The average Bonchev–Trinajstić information content (AvgIpc) is 2.36. The predicted molar refractivity (Wildman–Crippen MR) is 76.2 cm³/mol. The van der Waals surface area contributed by atoms with E-state index in [2.05, 4.69) is 20.8 Å². The monoisotopic (exact) mass is 254 g/mol. The van der Waals surface area contributed by atoms with Gasteiger partial charge in [0.2, 0.25) is 5.91 Å². The van der Waals surface area contributed by atoms with Gasteiger partial charge in [-0.05, 0) is 51.0 Å². The largest absolute Gasteiger partial charge is 0.343 e. The summed E-state index contributed by atoms with van der Waals surface area (Å²) in [6.45, 7) is 7.30. The van der Waals surface area contributed by atoms with Crippen molar-refractivity contribution in [1.29, 1.82) is 0 Å². The third-order valence-corrected chi connectivity index (χ3v) is 4.29. The quantitative estimate of drug-likeness (QED) is 0.820. The molecule has 18 heavy (non-hydrogen) atoms. The van der Waals surface area contributed by atoms with Crippen molar-refractivity contribution < 1.29 is 4.79 Å². The maximum atomic E-state index is 12.5. The summed E-state index contributed by atoms with van der Waals surface area (Å²) in [4.78, 5) is 14.4. The lowest BCUT2D eigenvalue weighted by Crippen LogP contribution is -2.41. The van der Waals surface area contributed by atoms with E-state index in [1.165, 1.54) is 6.42 Å². The van der Waals surface area contributed by atoms with Crippen LogP contribution in [0.1, 0.15) is 52.9 Å². The van der Waals surface area contributed by atoms with Gasteiger partial charge in [0, 0.05) is 19.0 Å². The lowest BCUT2D eigenvalue weighted by molar-refractivity contribution is -0.137. The van der Waals surface area contributed by atoms with Gasteiger partial charge in [-0.2, -0.15) is 0 Å². The van der Waals surface area contributed by atoms with Crippen LogP contribution in [-0.4, -0.2) is 30.4 Å². The molecule has 0 bridgehead atoms. The number of hydrogen-bond donors (Lipinski definition) is 1. The maximum Gasteiger partial charge on any atom is 0.225 e. The molecular formula is C15H30N2O. The number of carbonyl (C=O) groups excluding carboxylic acids is 1. The molecule has 1 aliphatic carbocycles. The minimum atomic E-state index is 0.215. The third kappa shape index (κ3) is 4.27. The van der Waals surface area contributed by atoms with Crippen LogP contribution in [0.3, 0.4) is 0 Å². The molecule has 3 nitrogen and oxygen atoms in total. The normalized spacial score (nSPS) is 26.1.